The van der Waals surface area contributed by atoms with Crippen molar-refractivity contribution >= 4 is 17.4 Å². The number of hydrogen-bond acceptors (Lipinski definition) is 2. The highest BCUT2D eigenvalue weighted by atomic mass is 35.5. The second-order valence-corrected chi connectivity index (χ2v) is 2.39. The lowest BCUT2D eigenvalue weighted by atomic mass is 10.2. The summed E-state index contributed by atoms with van der Waals surface area (Å²) in [6.07, 6.45) is 3.20. The van der Waals surface area contributed by atoms with Crippen LogP contribution in [-0.2, 0) is 4.74 Å². The summed E-state index contributed by atoms with van der Waals surface area (Å²) in [7, 11) is 1.55. The van der Waals surface area contributed by atoms with E-state index in [0.29, 0.717) is 10.8 Å². The van der Waals surface area contributed by atoms with Crippen molar-refractivity contribution in [3.05, 3.63) is 35.6 Å². The highest BCUT2D eigenvalue weighted by Gasteiger charge is 2.02. The SMILES string of the molecule is C=C(OC)c1ccncc1Cl. The lowest BCUT2D eigenvalue weighted by Crippen LogP contribution is -1.86. The molecule has 11 heavy (non-hydrogen) atoms. The van der Waals surface area contributed by atoms with Gasteiger partial charge in [-0.2, -0.15) is 0 Å². The van der Waals surface area contributed by atoms with E-state index in [1.54, 1.807) is 25.6 Å². The second kappa shape index (κ2) is 3.39. The van der Waals surface area contributed by atoms with Crippen molar-refractivity contribution in [1.29, 1.82) is 0 Å². The van der Waals surface area contributed by atoms with Crippen molar-refractivity contribution in [2.75, 3.05) is 7.11 Å². The number of hydrogen-bond donors (Lipinski definition) is 0. The van der Waals surface area contributed by atoms with Crippen molar-refractivity contribution < 1.29 is 4.74 Å². The Morgan fingerprint density at radius 1 is 1.73 bits per heavy atom. The van der Waals surface area contributed by atoms with Crippen molar-refractivity contribution in [3.8, 4) is 0 Å². The molecule has 3 heteroatoms. The summed E-state index contributed by atoms with van der Waals surface area (Å²) in [4.78, 5) is 3.83. The summed E-state index contributed by atoms with van der Waals surface area (Å²) in [5.74, 6) is 0.553. The Morgan fingerprint density at radius 2 is 2.45 bits per heavy atom. The number of nitrogens with zero attached hydrogens (tertiary/aromatic N) is 1. The van der Waals surface area contributed by atoms with E-state index >= 15 is 0 Å². The molecule has 1 aromatic rings. The van der Waals surface area contributed by atoms with Gasteiger partial charge in [0.15, 0.2) is 0 Å². The van der Waals surface area contributed by atoms with Gasteiger partial charge in [-0.15, -0.1) is 0 Å². The highest BCUT2D eigenvalue weighted by molar-refractivity contribution is 6.32. The fourth-order valence-corrected chi connectivity index (χ4v) is 0.936. The zero-order chi connectivity index (χ0) is 8.27. The van der Waals surface area contributed by atoms with Gasteiger partial charge < -0.3 is 4.74 Å². The van der Waals surface area contributed by atoms with Crippen LogP contribution in [0.3, 0.4) is 0 Å². The Bertz CT molecular complexity index is 273. The van der Waals surface area contributed by atoms with E-state index in [0.717, 1.165) is 5.56 Å². The van der Waals surface area contributed by atoms with Crippen molar-refractivity contribution in [3.63, 3.8) is 0 Å². The third-order valence-electron chi connectivity index (χ3n) is 1.32. The van der Waals surface area contributed by atoms with Crippen LogP contribution in [0.1, 0.15) is 5.56 Å². The zero-order valence-corrected chi connectivity index (χ0v) is 6.93. The third-order valence-corrected chi connectivity index (χ3v) is 1.62. The number of rotatable bonds is 2. The molecule has 2 nitrogen and oxygen atoms in total. The molecule has 0 saturated heterocycles. The van der Waals surface area contributed by atoms with E-state index in [1.165, 1.54) is 0 Å². The largest absolute Gasteiger partial charge is 0.497 e. The molecule has 0 amide bonds. The first-order chi connectivity index (χ1) is 5.25. The van der Waals surface area contributed by atoms with Crippen molar-refractivity contribution in [2.24, 2.45) is 0 Å². The molecule has 0 unspecified atom stereocenters. The van der Waals surface area contributed by atoms with Gasteiger partial charge in [0.2, 0.25) is 0 Å². The van der Waals surface area contributed by atoms with E-state index in [1.807, 2.05) is 0 Å². The molecule has 0 aliphatic rings. The Kier molecular flexibility index (Phi) is 2.49. The minimum atomic E-state index is 0.553. The van der Waals surface area contributed by atoms with Crippen molar-refractivity contribution in [1.82, 2.24) is 4.98 Å². The molecule has 0 aromatic carbocycles. The predicted molar refractivity (Wildman–Crippen MR) is 45.3 cm³/mol. The van der Waals surface area contributed by atoms with Crippen LogP contribution in [0.2, 0.25) is 5.02 Å². The summed E-state index contributed by atoms with van der Waals surface area (Å²) >= 11 is 5.79. The quantitative estimate of drug-likeness (QED) is 0.634. The summed E-state index contributed by atoms with van der Waals surface area (Å²) < 4.78 is 4.91. The Balaban J connectivity index is 3.03. The van der Waals surface area contributed by atoms with E-state index in [4.69, 9.17) is 16.3 Å². The standard InChI is InChI=1S/C8H8ClNO/c1-6(11-2)7-3-4-10-5-8(7)9/h3-5H,1H2,2H3. The highest BCUT2D eigenvalue weighted by Crippen LogP contribution is 2.20. The first kappa shape index (κ1) is 8.08. The van der Waals surface area contributed by atoms with Crippen molar-refractivity contribution in [2.45, 2.75) is 0 Å². The van der Waals surface area contributed by atoms with Crippen LogP contribution in [0.4, 0.5) is 0 Å². The van der Waals surface area contributed by atoms with Gasteiger partial charge in [0.05, 0.1) is 12.1 Å². The molecule has 0 radical (unpaired) electrons. The average Bonchev–Trinajstić information content (AvgIpc) is 2.04. The predicted octanol–water partition coefficient (Wildman–Crippen LogP) is 2.35. The van der Waals surface area contributed by atoms with E-state index in [9.17, 15) is 0 Å². The van der Waals surface area contributed by atoms with E-state index < -0.39 is 0 Å². The van der Waals surface area contributed by atoms with Gasteiger partial charge in [-0.05, 0) is 6.07 Å². The number of ether oxygens (including phenoxy) is 1. The second-order valence-electron chi connectivity index (χ2n) is 1.98. The molecule has 0 saturated carbocycles. The molecule has 0 fully saturated rings. The number of halogens is 1. The van der Waals surface area contributed by atoms with Crippen LogP contribution < -0.4 is 0 Å². The maximum Gasteiger partial charge on any atom is 0.120 e. The van der Waals surface area contributed by atoms with Crippen LogP contribution in [0, 0.1) is 0 Å². The summed E-state index contributed by atoms with van der Waals surface area (Å²) in [6.45, 7) is 3.67. The minimum absolute atomic E-state index is 0.553. The molecule has 1 rings (SSSR count). The first-order valence-corrected chi connectivity index (χ1v) is 3.46. The molecule has 1 aromatic heterocycles. The number of pyridine rings is 1. The van der Waals surface area contributed by atoms with E-state index in [2.05, 4.69) is 11.6 Å². The van der Waals surface area contributed by atoms with Gasteiger partial charge in [-0.3, -0.25) is 4.98 Å². The third kappa shape index (κ3) is 1.71. The summed E-state index contributed by atoms with van der Waals surface area (Å²) in [5, 5.41) is 0.555. The fourth-order valence-electron chi connectivity index (χ4n) is 0.711. The molecular weight excluding hydrogens is 162 g/mol. The lowest BCUT2D eigenvalue weighted by molar-refractivity contribution is 0.371. The van der Waals surface area contributed by atoms with Crippen LogP contribution in [-0.4, -0.2) is 12.1 Å². The summed E-state index contributed by atoms with van der Waals surface area (Å²) in [6, 6.07) is 1.76. The van der Waals surface area contributed by atoms with E-state index in [-0.39, 0.29) is 0 Å². The van der Waals surface area contributed by atoms with Gasteiger partial charge in [-0.25, -0.2) is 0 Å². The molecule has 1 heterocycles. The minimum Gasteiger partial charge on any atom is -0.497 e. The molecule has 0 spiro atoms. The van der Waals surface area contributed by atoms with Crippen LogP contribution in [0.5, 0.6) is 0 Å². The lowest BCUT2D eigenvalue weighted by Gasteiger charge is -2.04. The maximum absolute atomic E-state index is 5.79. The smallest absolute Gasteiger partial charge is 0.120 e. The molecule has 0 atom stereocenters. The average molecular weight is 170 g/mol. The van der Waals surface area contributed by atoms with Gasteiger partial charge in [0.25, 0.3) is 0 Å². The van der Waals surface area contributed by atoms with Crippen LogP contribution in [0.15, 0.2) is 25.0 Å². The topological polar surface area (TPSA) is 22.1 Å². The fraction of sp³-hybridized carbons (Fsp3) is 0.125. The molecule has 0 aliphatic carbocycles. The first-order valence-electron chi connectivity index (χ1n) is 3.08. The Labute approximate surface area is 70.5 Å². The van der Waals surface area contributed by atoms with Gasteiger partial charge in [0, 0.05) is 18.0 Å². The molecule has 0 N–H and O–H groups in total. The molecule has 58 valence electrons. The zero-order valence-electron chi connectivity index (χ0n) is 6.17. The monoisotopic (exact) mass is 169 g/mol. The van der Waals surface area contributed by atoms with Gasteiger partial charge in [-0.1, -0.05) is 18.2 Å². The van der Waals surface area contributed by atoms with Crippen LogP contribution in [0.25, 0.3) is 5.76 Å². The number of methoxy groups -OCH3 is 1. The molecule has 0 bridgehead atoms. The van der Waals surface area contributed by atoms with Crippen LogP contribution >= 0.6 is 11.6 Å². The Hall–Kier alpha value is -1.02. The molecular formula is C8H8ClNO. The normalized spacial score (nSPS) is 9.27. The van der Waals surface area contributed by atoms with Gasteiger partial charge >= 0.3 is 0 Å². The molecule has 0 aliphatic heterocycles. The van der Waals surface area contributed by atoms with Gasteiger partial charge in [0.1, 0.15) is 5.76 Å². The number of aromatic nitrogens is 1. The summed E-state index contributed by atoms with van der Waals surface area (Å²) in [5.41, 5.74) is 0.782. The maximum atomic E-state index is 5.79. The Morgan fingerprint density at radius 3 is 3.00 bits per heavy atom.